The lowest BCUT2D eigenvalue weighted by Gasteiger charge is -2.25. The third kappa shape index (κ3) is 4.08. The van der Waals surface area contributed by atoms with Crippen molar-refractivity contribution in [3.63, 3.8) is 0 Å². The van der Waals surface area contributed by atoms with Crippen LogP contribution in [0.4, 0.5) is 0 Å². The number of amides is 3. The van der Waals surface area contributed by atoms with Crippen molar-refractivity contribution in [2.24, 2.45) is 5.92 Å². The molecule has 2 aliphatic rings. The second-order valence-electron chi connectivity index (χ2n) is 8.84. The number of H-pyrrole nitrogens is 1. The minimum absolute atomic E-state index is 0.100. The Bertz CT molecular complexity index is 1360. The molecule has 0 radical (unpaired) electrons. The van der Waals surface area contributed by atoms with Gasteiger partial charge in [0.15, 0.2) is 0 Å². The van der Waals surface area contributed by atoms with Gasteiger partial charge in [0.25, 0.3) is 5.91 Å². The summed E-state index contributed by atoms with van der Waals surface area (Å²) in [5, 5.41) is 15.9. The number of rotatable bonds is 6. The summed E-state index contributed by atoms with van der Waals surface area (Å²) in [7, 11) is 1.57. The van der Waals surface area contributed by atoms with Crippen LogP contribution < -0.4 is 15.4 Å². The molecule has 2 aliphatic heterocycles. The van der Waals surface area contributed by atoms with Gasteiger partial charge in [0.2, 0.25) is 11.8 Å². The highest BCUT2D eigenvalue weighted by Gasteiger charge is 2.40. The van der Waals surface area contributed by atoms with Crippen LogP contribution in [-0.2, 0) is 16.1 Å². The maximum Gasteiger partial charge on any atom is 0.271 e. The zero-order chi connectivity index (χ0) is 24.5. The molecule has 1 aromatic heterocycles. The molecule has 3 N–H and O–H groups in total. The van der Waals surface area contributed by atoms with E-state index in [1.165, 1.54) is 4.90 Å². The van der Waals surface area contributed by atoms with Crippen LogP contribution >= 0.6 is 0 Å². The van der Waals surface area contributed by atoms with Crippen LogP contribution in [0, 0.1) is 17.2 Å². The summed E-state index contributed by atoms with van der Waals surface area (Å²) < 4.78 is 5.41. The molecule has 0 spiro atoms. The number of benzene rings is 2. The Morgan fingerprint density at radius 1 is 1.26 bits per heavy atom. The largest absolute Gasteiger partial charge is 0.496 e. The number of aromatic nitrogens is 1. The number of carbonyl (C=O) groups excluding carboxylic acids is 3. The molecule has 3 amide bonds. The van der Waals surface area contributed by atoms with Crippen molar-refractivity contribution in [3.05, 3.63) is 65.4 Å². The molecule has 2 aromatic carbocycles. The van der Waals surface area contributed by atoms with E-state index in [1.807, 2.05) is 42.5 Å². The molecule has 1 fully saturated rings. The number of ether oxygens (including phenoxy) is 1. The number of hydrogen-bond donors (Lipinski definition) is 3. The highest BCUT2D eigenvalue weighted by Crippen LogP contribution is 2.36. The van der Waals surface area contributed by atoms with Crippen LogP contribution in [0.25, 0.3) is 10.9 Å². The molecule has 1 saturated heterocycles. The number of nitrogens with zero attached hydrogens (tertiary/aromatic N) is 2. The van der Waals surface area contributed by atoms with E-state index in [0.29, 0.717) is 24.4 Å². The Morgan fingerprint density at radius 3 is 2.83 bits per heavy atom. The average Bonchev–Trinajstić information content (AvgIpc) is 3.59. The highest BCUT2D eigenvalue weighted by atomic mass is 16.5. The summed E-state index contributed by atoms with van der Waals surface area (Å²) >= 11 is 0. The number of hydrogen-bond acceptors (Lipinski definition) is 5. The van der Waals surface area contributed by atoms with Gasteiger partial charge in [0.1, 0.15) is 23.5 Å². The summed E-state index contributed by atoms with van der Waals surface area (Å²) in [4.78, 5) is 43.7. The zero-order valence-electron chi connectivity index (χ0n) is 19.2. The maximum atomic E-state index is 13.6. The maximum absolute atomic E-state index is 13.6. The summed E-state index contributed by atoms with van der Waals surface area (Å²) in [6, 6.07) is 15.0. The Labute approximate surface area is 202 Å². The van der Waals surface area contributed by atoms with Gasteiger partial charge in [-0.1, -0.05) is 30.3 Å². The number of nitriles is 1. The second-order valence-corrected chi connectivity index (χ2v) is 8.84. The number of fused-ring (bicyclic) bond motifs is 2. The summed E-state index contributed by atoms with van der Waals surface area (Å²) in [5.41, 5.74) is 2.69. The predicted molar refractivity (Wildman–Crippen MR) is 127 cm³/mol. The smallest absolute Gasteiger partial charge is 0.271 e. The molecule has 3 atom stereocenters. The molecule has 0 aliphatic carbocycles. The third-order valence-corrected chi connectivity index (χ3v) is 6.74. The van der Waals surface area contributed by atoms with E-state index in [4.69, 9.17) is 4.74 Å². The van der Waals surface area contributed by atoms with Gasteiger partial charge in [0.05, 0.1) is 13.2 Å². The van der Waals surface area contributed by atoms with Crippen molar-refractivity contribution in [1.82, 2.24) is 20.5 Å². The van der Waals surface area contributed by atoms with Crippen LogP contribution in [0.3, 0.4) is 0 Å². The molecule has 0 saturated carbocycles. The van der Waals surface area contributed by atoms with Gasteiger partial charge in [-0.05, 0) is 42.2 Å². The SMILES string of the molecule is COc1cccc2[nH]c(C(=O)N3Cc4ccccc4[C@H]3C(=O)N[C@H](C#N)C[C@@H]3CCNC3=O)cc12. The molecule has 9 heteroatoms. The molecule has 178 valence electrons. The van der Waals surface area contributed by atoms with Gasteiger partial charge in [-0.3, -0.25) is 14.4 Å². The molecule has 35 heavy (non-hydrogen) atoms. The van der Waals surface area contributed by atoms with E-state index in [1.54, 1.807) is 13.2 Å². The third-order valence-electron chi connectivity index (χ3n) is 6.74. The molecule has 0 unspecified atom stereocenters. The van der Waals surface area contributed by atoms with Crippen molar-refractivity contribution >= 4 is 28.6 Å². The van der Waals surface area contributed by atoms with Gasteiger partial charge < -0.3 is 25.3 Å². The number of carbonyl (C=O) groups is 3. The van der Waals surface area contributed by atoms with Crippen molar-refractivity contribution < 1.29 is 19.1 Å². The van der Waals surface area contributed by atoms with Crippen LogP contribution in [-0.4, -0.2) is 47.3 Å². The van der Waals surface area contributed by atoms with Crippen LogP contribution in [0.2, 0.25) is 0 Å². The molecular formula is C26H25N5O4. The van der Waals surface area contributed by atoms with E-state index < -0.39 is 18.0 Å². The Kier molecular flexibility index (Phi) is 5.87. The van der Waals surface area contributed by atoms with E-state index in [9.17, 15) is 19.6 Å². The van der Waals surface area contributed by atoms with Gasteiger partial charge in [0, 0.05) is 29.9 Å². The fourth-order valence-corrected chi connectivity index (χ4v) is 4.98. The minimum Gasteiger partial charge on any atom is -0.496 e. The summed E-state index contributed by atoms with van der Waals surface area (Å²) in [6.45, 7) is 0.838. The molecule has 3 heterocycles. The molecule has 9 nitrogen and oxygen atoms in total. The van der Waals surface area contributed by atoms with Gasteiger partial charge in [-0.2, -0.15) is 5.26 Å². The first-order chi connectivity index (χ1) is 17.0. The Morgan fingerprint density at radius 2 is 2.09 bits per heavy atom. The summed E-state index contributed by atoms with van der Waals surface area (Å²) in [5.74, 6) is -0.540. The molecule has 0 bridgehead atoms. The van der Waals surface area contributed by atoms with Crippen LogP contribution in [0.5, 0.6) is 5.75 Å². The first-order valence-electron chi connectivity index (χ1n) is 11.5. The topological polar surface area (TPSA) is 127 Å². The Hall–Kier alpha value is -4.32. The highest BCUT2D eigenvalue weighted by molar-refractivity contribution is 6.02. The predicted octanol–water partition coefficient (Wildman–Crippen LogP) is 2.41. The number of aromatic amines is 1. The molecule has 3 aromatic rings. The molecular weight excluding hydrogens is 446 g/mol. The van der Waals surface area contributed by atoms with Crippen molar-refractivity contribution in [1.29, 1.82) is 5.26 Å². The van der Waals surface area contributed by atoms with Gasteiger partial charge in [-0.25, -0.2) is 0 Å². The number of methoxy groups -OCH3 is 1. The van der Waals surface area contributed by atoms with E-state index >= 15 is 0 Å². The fraction of sp³-hybridized carbons (Fsp3) is 0.308. The van der Waals surface area contributed by atoms with Crippen molar-refractivity contribution in [3.8, 4) is 11.8 Å². The summed E-state index contributed by atoms with van der Waals surface area (Å²) in [6.07, 6.45) is 0.867. The lowest BCUT2D eigenvalue weighted by Crippen LogP contribution is -2.44. The zero-order valence-corrected chi connectivity index (χ0v) is 19.2. The lowest BCUT2D eigenvalue weighted by atomic mass is 9.98. The van der Waals surface area contributed by atoms with E-state index in [0.717, 1.165) is 22.0 Å². The fourth-order valence-electron chi connectivity index (χ4n) is 4.98. The second kappa shape index (κ2) is 9.14. The van der Waals surface area contributed by atoms with E-state index in [-0.39, 0.29) is 30.7 Å². The standard InChI is InChI=1S/C26H25N5O4/c1-35-22-8-4-7-20-19(22)12-21(30-20)26(34)31-14-16-5-2-3-6-18(16)23(31)25(33)29-17(13-27)11-15-9-10-28-24(15)32/h2-8,12,15,17,23,30H,9-11,14H2,1H3,(H,28,32)(H,29,33)/t15-,17-,23-/m0/s1. The minimum atomic E-state index is -0.889. The quantitative estimate of drug-likeness (QED) is 0.509. The van der Waals surface area contributed by atoms with Crippen LogP contribution in [0.1, 0.15) is 40.5 Å². The van der Waals surface area contributed by atoms with Crippen molar-refractivity contribution in [2.75, 3.05) is 13.7 Å². The van der Waals surface area contributed by atoms with Crippen LogP contribution in [0.15, 0.2) is 48.5 Å². The number of nitrogens with one attached hydrogen (secondary N) is 3. The lowest BCUT2D eigenvalue weighted by molar-refractivity contribution is -0.127. The van der Waals surface area contributed by atoms with Crippen molar-refractivity contribution in [2.45, 2.75) is 31.5 Å². The normalized spacial score (nSPS) is 19.7. The monoisotopic (exact) mass is 471 g/mol. The Balaban J connectivity index is 1.42. The first kappa shape index (κ1) is 22.5. The molecule has 5 rings (SSSR count). The first-order valence-corrected chi connectivity index (χ1v) is 11.5. The van der Waals surface area contributed by atoms with Gasteiger partial charge >= 0.3 is 0 Å². The average molecular weight is 472 g/mol. The van der Waals surface area contributed by atoms with E-state index in [2.05, 4.69) is 21.7 Å². The van der Waals surface area contributed by atoms with Gasteiger partial charge in [-0.15, -0.1) is 0 Å².